The Bertz CT molecular complexity index is 385. The molecule has 0 heterocycles. The minimum absolute atomic E-state index is 0.118. The number of carbonyl (C=O) groups excluding carboxylic acids is 1. The zero-order valence-electron chi connectivity index (χ0n) is 8.41. The molecule has 1 aromatic carbocycles. The number of carbonyl (C=O) groups is 1. The van der Waals surface area contributed by atoms with E-state index in [4.69, 9.17) is 28.9 Å². The average molecular weight is 263 g/mol. The summed E-state index contributed by atoms with van der Waals surface area (Å²) < 4.78 is 0. The lowest BCUT2D eigenvalue weighted by Crippen LogP contribution is -2.22. The van der Waals surface area contributed by atoms with E-state index in [1.807, 2.05) is 0 Å². The van der Waals surface area contributed by atoms with Crippen molar-refractivity contribution in [1.29, 1.82) is 0 Å². The SMILES string of the molecule is NC(=O)c1cc(Cl)ccc1NCC(O)CCl. The summed E-state index contributed by atoms with van der Waals surface area (Å²) in [5.41, 5.74) is 6.01. The van der Waals surface area contributed by atoms with E-state index in [1.54, 1.807) is 12.1 Å². The van der Waals surface area contributed by atoms with Crippen LogP contribution in [0.5, 0.6) is 0 Å². The van der Waals surface area contributed by atoms with Crippen molar-refractivity contribution in [3.05, 3.63) is 28.8 Å². The smallest absolute Gasteiger partial charge is 0.250 e. The first kappa shape index (κ1) is 13.1. The molecule has 0 saturated carbocycles. The van der Waals surface area contributed by atoms with Gasteiger partial charge in [0.1, 0.15) is 0 Å². The van der Waals surface area contributed by atoms with Crippen molar-refractivity contribution in [2.45, 2.75) is 6.10 Å². The van der Waals surface area contributed by atoms with Crippen LogP contribution in [0, 0.1) is 0 Å². The van der Waals surface area contributed by atoms with Gasteiger partial charge in [0, 0.05) is 17.3 Å². The molecule has 0 bridgehead atoms. The third-order valence-corrected chi connectivity index (χ3v) is 2.54. The summed E-state index contributed by atoms with van der Waals surface area (Å²) in [4.78, 5) is 11.1. The number of amides is 1. The van der Waals surface area contributed by atoms with Gasteiger partial charge in [-0.15, -0.1) is 11.6 Å². The summed E-state index contributed by atoms with van der Waals surface area (Å²) in [6.45, 7) is 0.241. The summed E-state index contributed by atoms with van der Waals surface area (Å²) in [6, 6.07) is 4.73. The fraction of sp³-hybridized carbons (Fsp3) is 0.300. The normalized spacial score (nSPS) is 12.2. The van der Waals surface area contributed by atoms with Crippen molar-refractivity contribution in [3.63, 3.8) is 0 Å². The summed E-state index contributed by atoms with van der Waals surface area (Å²) in [6.07, 6.45) is -0.682. The molecular formula is C10H12Cl2N2O2. The minimum atomic E-state index is -0.682. The van der Waals surface area contributed by atoms with Gasteiger partial charge in [-0.1, -0.05) is 11.6 Å². The molecule has 0 aliphatic heterocycles. The number of alkyl halides is 1. The molecule has 4 nitrogen and oxygen atoms in total. The van der Waals surface area contributed by atoms with Gasteiger partial charge in [0.2, 0.25) is 0 Å². The fourth-order valence-electron chi connectivity index (χ4n) is 1.16. The number of primary amides is 1. The number of anilines is 1. The molecule has 0 aliphatic rings. The zero-order valence-corrected chi connectivity index (χ0v) is 9.92. The van der Waals surface area contributed by atoms with Crippen LogP contribution in [0.2, 0.25) is 5.02 Å². The number of halogens is 2. The topological polar surface area (TPSA) is 75.4 Å². The Labute approximate surface area is 103 Å². The first-order chi connectivity index (χ1) is 7.54. The van der Waals surface area contributed by atoms with Gasteiger partial charge in [0.25, 0.3) is 5.91 Å². The molecule has 1 rings (SSSR count). The molecule has 6 heteroatoms. The Kier molecular flexibility index (Phi) is 4.86. The van der Waals surface area contributed by atoms with Gasteiger partial charge in [-0.25, -0.2) is 0 Å². The van der Waals surface area contributed by atoms with Gasteiger partial charge in [-0.05, 0) is 18.2 Å². The van der Waals surface area contributed by atoms with Crippen LogP contribution >= 0.6 is 23.2 Å². The van der Waals surface area contributed by atoms with Gasteiger partial charge in [0.15, 0.2) is 0 Å². The number of nitrogens with one attached hydrogen (secondary N) is 1. The first-order valence-electron chi connectivity index (χ1n) is 4.62. The maximum Gasteiger partial charge on any atom is 0.250 e. The Balaban J connectivity index is 2.82. The largest absolute Gasteiger partial charge is 0.390 e. The summed E-state index contributed by atoms with van der Waals surface area (Å²) in [5, 5.41) is 12.6. The monoisotopic (exact) mass is 262 g/mol. The van der Waals surface area contributed by atoms with Crippen molar-refractivity contribution in [2.75, 3.05) is 17.7 Å². The predicted molar refractivity (Wildman–Crippen MR) is 65.2 cm³/mol. The zero-order chi connectivity index (χ0) is 12.1. The fourth-order valence-corrected chi connectivity index (χ4v) is 1.44. The van der Waals surface area contributed by atoms with Crippen LogP contribution in [0.25, 0.3) is 0 Å². The molecule has 0 saturated heterocycles. The highest BCUT2D eigenvalue weighted by Gasteiger charge is 2.10. The Morgan fingerprint density at radius 1 is 1.56 bits per heavy atom. The lowest BCUT2D eigenvalue weighted by molar-refractivity contribution is 0.100. The van der Waals surface area contributed by atoms with Crippen molar-refractivity contribution in [2.24, 2.45) is 5.73 Å². The van der Waals surface area contributed by atoms with Crippen LogP contribution in [0.4, 0.5) is 5.69 Å². The van der Waals surface area contributed by atoms with Crippen molar-refractivity contribution in [1.82, 2.24) is 0 Å². The molecule has 0 fully saturated rings. The molecule has 1 unspecified atom stereocenters. The summed E-state index contributed by atoms with van der Waals surface area (Å²) in [5.74, 6) is -0.461. The summed E-state index contributed by atoms with van der Waals surface area (Å²) in [7, 11) is 0. The highest BCUT2D eigenvalue weighted by Crippen LogP contribution is 2.20. The molecule has 1 aromatic rings. The highest BCUT2D eigenvalue weighted by molar-refractivity contribution is 6.31. The first-order valence-corrected chi connectivity index (χ1v) is 5.53. The minimum Gasteiger partial charge on any atom is -0.390 e. The van der Waals surface area contributed by atoms with Crippen LogP contribution in [0.1, 0.15) is 10.4 Å². The molecule has 16 heavy (non-hydrogen) atoms. The van der Waals surface area contributed by atoms with Crippen LogP contribution in [0.15, 0.2) is 18.2 Å². The Morgan fingerprint density at radius 2 is 2.25 bits per heavy atom. The van der Waals surface area contributed by atoms with Crippen LogP contribution < -0.4 is 11.1 Å². The second kappa shape index (κ2) is 5.94. The number of aliphatic hydroxyl groups is 1. The van der Waals surface area contributed by atoms with E-state index >= 15 is 0 Å². The molecule has 4 N–H and O–H groups in total. The second-order valence-corrected chi connectivity index (χ2v) is 3.99. The van der Waals surface area contributed by atoms with E-state index in [0.717, 1.165) is 0 Å². The van der Waals surface area contributed by atoms with E-state index in [2.05, 4.69) is 5.32 Å². The molecule has 0 aromatic heterocycles. The van der Waals surface area contributed by atoms with E-state index in [9.17, 15) is 9.90 Å². The predicted octanol–water partition coefficient (Wildman–Crippen LogP) is 1.45. The Hall–Kier alpha value is -0.970. The lowest BCUT2D eigenvalue weighted by atomic mass is 10.1. The standard InChI is InChI=1S/C10H12Cl2N2O2/c11-4-7(15)5-14-9-2-1-6(12)3-8(9)10(13)16/h1-3,7,14-15H,4-5H2,(H2,13,16). The summed E-state index contributed by atoms with van der Waals surface area (Å²) >= 11 is 11.2. The molecule has 88 valence electrons. The lowest BCUT2D eigenvalue weighted by Gasteiger charge is -2.12. The molecule has 1 atom stereocenters. The molecule has 0 aliphatic carbocycles. The number of benzene rings is 1. The number of hydrogen-bond acceptors (Lipinski definition) is 3. The average Bonchev–Trinajstić information content (AvgIpc) is 2.26. The third kappa shape index (κ3) is 3.56. The number of aliphatic hydroxyl groups excluding tert-OH is 1. The van der Waals surface area contributed by atoms with E-state index in [0.29, 0.717) is 10.7 Å². The van der Waals surface area contributed by atoms with Crippen molar-refractivity contribution < 1.29 is 9.90 Å². The highest BCUT2D eigenvalue weighted by atomic mass is 35.5. The van der Waals surface area contributed by atoms with Crippen LogP contribution in [0.3, 0.4) is 0 Å². The maximum atomic E-state index is 11.1. The van der Waals surface area contributed by atoms with Gasteiger partial charge in [0.05, 0.1) is 17.5 Å². The molecule has 0 radical (unpaired) electrons. The van der Waals surface area contributed by atoms with Gasteiger partial charge < -0.3 is 16.2 Å². The van der Waals surface area contributed by atoms with E-state index in [-0.39, 0.29) is 18.0 Å². The molecule has 0 spiro atoms. The van der Waals surface area contributed by atoms with E-state index in [1.165, 1.54) is 6.07 Å². The van der Waals surface area contributed by atoms with Crippen LogP contribution in [-0.4, -0.2) is 29.5 Å². The van der Waals surface area contributed by atoms with Gasteiger partial charge in [-0.3, -0.25) is 4.79 Å². The number of hydrogen-bond donors (Lipinski definition) is 3. The van der Waals surface area contributed by atoms with Crippen LogP contribution in [-0.2, 0) is 0 Å². The quantitative estimate of drug-likeness (QED) is 0.704. The number of nitrogens with two attached hydrogens (primary N) is 1. The Morgan fingerprint density at radius 3 is 2.81 bits per heavy atom. The second-order valence-electron chi connectivity index (χ2n) is 3.24. The van der Waals surface area contributed by atoms with Crippen molar-refractivity contribution >= 4 is 34.8 Å². The number of rotatable bonds is 5. The third-order valence-electron chi connectivity index (χ3n) is 1.95. The van der Waals surface area contributed by atoms with Gasteiger partial charge in [-0.2, -0.15) is 0 Å². The maximum absolute atomic E-state index is 11.1. The van der Waals surface area contributed by atoms with Gasteiger partial charge >= 0.3 is 0 Å². The van der Waals surface area contributed by atoms with E-state index < -0.39 is 12.0 Å². The molecular weight excluding hydrogens is 251 g/mol. The molecule has 1 amide bonds. The van der Waals surface area contributed by atoms with Crippen molar-refractivity contribution in [3.8, 4) is 0 Å².